The molecule has 1 saturated carbocycles. The summed E-state index contributed by atoms with van der Waals surface area (Å²) < 4.78 is 5.24. The van der Waals surface area contributed by atoms with Crippen molar-refractivity contribution in [3.63, 3.8) is 0 Å². The summed E-state index contributed by atoms with van der Waals surface area (Å²) in [5.41, 5.74) is 2.17. The van der Waals surface area contributed by atoms with Crippen LogP contribution in [0.5, 0.6) is 0 Å². The summed E-state index contributed by atoms with van der Waals surface area (Å²) in [6, 6.07) is 0. The molecule has 1 fully saturated rings. The Morgan fingerprint density at radius 2 is 1.91 bits per heavy atom. The van der Waals surface area contributed by atoms with E-state index < -0.39 is 0 Å². The number of Topliss-reactive ketones (excluding diaryl/α,β-unsaturated/α-hetero) is 2. The summed E-state index contributed by atoms with van der Waals surface area (Å²) in [5.74, 6) is 0.676. The molecule has 2 aliphatic carbocycles. The number of aliphatic imine (C=N–C) groups is 1. The number of aliphatic hydroxyl groups is 1. The minimum Gasteiger partial charge on any atom is -0.511 e. The fourth-order valence-corrected chi connectivity index (χ4v) is 3.29. The summed E-state index contributed by atoms with van der Waals surface area (Å²) in [6.07, 6.45) is 4.59. The molecule has 0 spiro atoms. The average Bonchev–Trinajstić information content (AvgIpc) is 2.97. The molecule has 3 rings (SSSR count). The standard InChI is InChI=1S/C17H20N2O4/c1-18-10-4-2-5-12(20)16(10)14(22)9-8-11-17-13(21)6-3-7-15(17)23-19-11/h22H,2-9H2,1H3/b16-14+,18-10?. The number of aryl methyl sites for hydroxylation is 2. The van der Waals surface area contributed by atoms with Crippen LogP contribution in [0.1, 0.15) is 60.3 Å². The van der Waals surface area contributed by atoms with Crippen LogP contribution in [0.2, 0.25) is 0 Å². The van der Waals surface area contributed by atoms with Gasteiger partial charge in [0, 0.05) is 44.9 Å². The maximum Gasteiger partial charge on any atom is 0.168 e. The van der Waals surface area contributed by atoms with Gasteiger partial charge in [-0.3, -0.25) is 14.6 Å². The minimum absolute atomic E-state index is 0.0373. The van der Waals surface area contributed by atoms with Crippen LogP contribution in [0.4, 0.5) is 0 Å². The van der Waals surface area contributed by atoms with Crippen molar-refractivity contribution in [3.05, 3.63) is 28.3 Å². The number of carbonyl (C=O) groups excluding carboxylic acids is 2. The molecule has 1 aromatic rings. The average molecular weight is 316 g/mol. The van der Waals surface area contributed by atoms with Gasteiger partial charge in [0.25, 0.3) is 0 Å². The molecule has 0 radical (unpaired) electrons. The first-order chi connectivity index (χ1) is 11.1. The van der Waals surface area contributed by atoms with Gasteiger partial charge in [-0.25, -0.2) is 0 Å². The number of allylic oxidation sites excluding steroid dienone is 2. The second kappa shape index (κ2) is 6.48. The van der Waals surface area contributed by atoms with E-state index in [2.05, 4.69) is 10.1 Å². The Hall–Kier alpha value is -2.24. The van der Waals surface area contributed by atoms with Crippen molar-refractivity contribution in [3.8, 4) is 0 Å². The molecule has 0 aliphatic heterocycles. The highest BCUT2D eigenvalue weighted by Crippen LogP contribution is 2.27. The van der Waals surface area contributed by atoms with Gasteiger partial charge in [-0.05, 0) is 19.3 Å². The molecular weight excluding hydrogens is 296 g/mol. The summed E-state index contributed by atoms with van der Waals surface area (Å²) in [4.78, 5) is 28.2. The van der Waals surface area contributed by atoms with E-state index in [1.807, 2.05) is 0 Å². The molecule has 0 aromatic carbocycles. The number of hydrogen-bond acceptors (Lipinski definition) is 6. The first kappa shape index (κ1) is 15.6. The topological polar surface area (TPSA) is 92.8 Å². The molecule has 0 saturated heterocycles. The summed E-state index contributed by atoms with van der Waals surface area (Å²) >= 11 is 0. The fraction of sp³-hybridized carbons (Fsp3) is 0.529. The SMILES string of the molecule is CN=C1CCCC(=O)/C1=C(/O)CCc1noc2c1C(=O)CCC2. The van der Waals surface area contributed by atoms with E-state index in [9.17, 15) is 14.7 Å². The Kier molecular flexibility index (Phi) is 4.41. The van der Waals surface area contributed by atoms with E-state index in [-0.39, 0.29) is 23.7 Å². The van der Waals surface area contributed by atoms with Gasteiger partial charge in [0.15, 0.2) is 11.6 Å². The van der Waals surface area contributed by atoms with Crippen LogP contribution in [0, 0.1) is 0 Å². The molecule has 1 aromatic heterocycles. The van der Waals surface area contributed by atoms with Crippen LogP contribution in [0.15, 0.2) is 20.8 Å². The maximum atomic E-state index is 12.1. The quantitative estimate of drug-likeness (QED) is 0.683. The first-order valence-electron chi connectivity index (χ1n) is 8.03. The van der Waals surface area contributed by atoms with Crippen molar-refractivity contribution < 1.29 is 19.2 Å². The van der Waals surface area contributed by atoms with Crippen molar-refractivity contribution in [1.29, 1.82) is 0 Å². The smallest absolute Gasteiger partial charge is 0.168 e. The predicted octanol–water partition coefficient (Wildman–Crippen LogP) is 2.76. The third kappa shape index (κ3) is 2.98. The molecule has 0 atom stereocenters. The van der Waals surface area contributed by atoms with Crippen LogP contribution >= 0.6 is 0 Å². The van der Waals surface area contributed by atoms with Crippen LogP contribution < -0.4 is 0 Å². The van der Waals surface area contributed by atoms with Crippen LogP contribution in [0.3, 0.4) is 0 Å². The number of aromatic nitrogens is 1. The van der Waals surface area contributed by atoms with Gasteiger partial charge in [-0.1, -0.05) is 5.16 Å². The van der Waals surface area contributed by atoms with Crippen molar-refractivity contribution in [2.24, 2.45) is 4.99 Å². The number of fused-ring (bicyclic) bond motifs is 1. The molecular formula is C17H20N2O4. The largest absolute Gasteiger partial charge is 0.511 e. The fourth-order valence-electron chi connectivity index (χ4n) is 3.29. The van der Waals surface area contributed by atoms with Gasteiger partial charge in [-0.15, -0.1) is 0 Å². The highest BCUT2D eigenvalue weighted by Gasteiger charge is 2.28. The molecule has 0 unspecified atom stereocenters. The second-order valence-corrected chi connectivity index (χ2v) is 5.97. The first-order valence-corrected chi connectivity index (χ1v) is 8.03. The van der Waals surface area contributed by atoms with Gasteiger partial charge in [0.1, 0.15) is 11.5 Å². The third-order valence-electron chi connectivity index (χ3n) is 4.46. The second-order valence-electron chi connectivity index (χ2n) is 5.97. The number of aliphatic hydroxyl groups excluding tert-OH is 1. The summed E-state index contributed by atoms with van der Waals surface area (Å²) in [5, 5.41) is 14.3. The van der Waals surface area contributed by atoms with Crippen LogP contribution in [-0.4, -0.2) is 34.6 Å². The lowest BCUT2D eigenvalue weighted by atomic mass is 9.89. The number of nitrogens with zero attached hydrogens (tertiary/aromatic N) is 2. The molecule has 1 N–H and O–H groups in total. The zero-order chi connectivity index (χ0) is 16.4. The molecule has 122 valence electrons. The van der Waals surface area contributed by atoms with E-state index in [0.717, 1.165) is 19.3 Å². The highest BCUT2D eigenvalue weighted by atomic mass is 16.5. The zero-order valence-corrected chi connectivity index (χ0v) is 13.2. The summed E-state index contributed by atoms with van der Waals surface area (Å²) in [7, 11) is 1.63. The van der Waals surface area contributed by atoms with E-state index in [4.69, 9.17) is 4.52 Å². The molecule has 0 amide bonds. The van der Waals surface area contributed by atoms with Gasteiger partial charge in [0.05, 0.1) is 16.8 Å². The minimum atomic E-state index is -0.0624. The van der Waals surface area contributed by atoms with E-state index in [1.54, 1.807) is 7.05 Å². The zero-order valence-electron chi connectivity index (χ0n) is 13.2. The molecule has 6 heteroatoms. The Bertz CT molecular complexity index is 712. The van der Waals surface area contributed by atoms with Gasteiger partial charge >= 0.3 is 0 Å². The number of carbonyl (C=O) groups is 2. The summed E-state index contributed by atoms with van der Waals surface area (Å²) in [6.45, 7) is 0. The molecule has 23 heavy (non-hydrogen) atoms. The van der Waals surface area contributed by atoms with Crippen molar-refractivity contribution in [2.75, 3.05) is 7.05 Å². The monoisotopic (exact) mass is 316 g/mol. The van der Waals surface area contributed by atoms with Crippen molar-refractivity contribution >= 4 is 17.3 Å². The van der Waals surface area contributed by atoms with E-state index >= 15 is 0 Å². The Morgan fingerprint density at radius 1 is 1.17 bits per heavy atom. The normalized spacial score (nSPS) is 22.4. The Balaban J connectivity index is 1.80. The van der Waals surface area contributed by atoms with Crippen LogP contribution in [0.25, 0.3) is 0 Å². The number of ketones is 2. The lowest BCUT2D eigenvalue weighted by Crippen LogP contribution is -2.21. The lowest BCUT2D eigenvalue weighted by molar-refractivity contribution is -0.115. The highest BCUT2D eigenvalue weighted by molar-refractivity contribution is 6.24. The maximum absolute atomic E-state index is 12.1. The lowest BCUT2D eigenvalue weighted by Gasteiger charge is -2.17. The van der Waals surface area contributed by atoms with Gasteiger partial charge < -0.3 is 9.63 Å². The van der Waals surface area contributed by atoms with Gasteiger partial charge in [-0.2, -0.15) is 0 Å². The van der Waals surface area contributed by atoms with E-state index in [0.29, 0.717) is 54.0 Å². The predicted molar refractivity (Wildman–Crippen MR) is 84.0 cm³/mol. The molecule has 6 nitrogen and oxygen atoms in total. The molecule has 1 heterocycles. The van der Waals surface area contributed by atoms with Crippen LogP contribution in [-0.2, 0) is 17.6 Å². The van der Waals surface area contributed by atoms with Crippen molar-refractivity contribution in [2.45, 2.75) is 51.4 Å². The van der Waals surface area contributed by atoms with Gasteiger partial charge in [0.2, 0.25) is 0 Å². The number of rotatable bonds is 3. The van der Waals surface area contributed by atoms with E-state index in [1.165, 1.54) is 0 Å². The number of hydrogen-bond donors (Lipinski definition) is 1. The third-order valence-corrected chi connectivity index (χ3v) is 4.46. The molecule has 0 bridgehead atoms. The van der Waals surface area contributed by atoms with Crippen molar-refractivity contribution in [1.82, 2.24) is 5.16 Å². The molecule has 2 aliphatic rings. The Labute approximate surface area is 134 Å². The Morgan fingerprint density at radius 3 is 2.70 bits per heavy atom.